The van der Waals surface area contributed by atoms with Crippen LogP contribution >= 0.6 is 0 Å². The van der Waals surface area contributed by atoms with Gasteiger partial charge in [0, 0.05) is 12.2 Å². The molecule has 1 atom stereocenters. The van der Waals surface area contributed by atoms with Crippen LogP contribution in [0.3, 0.4) is 0 Å². The summed E-state index contributed by atoms with van der Waals surface area (Å²) in [6.45, 7) is 0.634. The number of amides is 1. The van der Waals surface area contributed by atoms with E-state index in [-0.39, 0.29) is 42.6 Å². The van der Waals surface area contributed by atoms with Crippen LogP contribution in [0.2, 0.25) is 0 Å². The van der Waals surface area contributed by atoms with Crippen molar-refractivity contribution in [1.82, 2.24) is 5.32 Å². The summed E-state index contributed by atoms with van der Waals surface area (Å²) in [5.41, 5.74) is -0.445. The number of aliphatic hydroxyl groups is 1. The van der Waals surface area contributed by atoms with Crippen molar-refractivity contribution in [2.75, 3.05) is 29.5 Å². The van der Waals surface area contributed by atoms with Crippen LogP contribution in [0, 0.1) is 5.82 Å². The molecular formula is C15H19FN2O4S. The van der Waals surface area contributed by atoms with Crippen LogP contribution in [0.15, 0.2) is 24.3 Å². The van der Waals surface area contributed by atoms with Gasteiger partial charge in [-0.3, -0.25) is 4.79 Å². The summed E-state index contributed by atoms with van der Waals surface area (Å²) in [5.74, 6) is -0.536. The summed E-state index contributed by atoms with van der Waals surface area (Å²) >= 11 is 0. The van der Waals surface area contributed by atoms with Crippen molar-refractivity contribution in [2.24, 2.45) is 0 Å². The van der Waals surface area contributed by atoms with E-state index >= 15 is 0 Å². The van der Waals surface area contributed by atoms with Crippen LogP contribution in [0.5, 0.6) is 0 Å². The molecule has 126 valence electrons. The molecule has 2 heterocycles. The van der Waals surface area contributed by atoms with Crippen LogP contribution < -0.4 is 10.2 Å². The van der Waals surface area contributed by atoms with Gasteiger partial charge >= 0.3 is 0 Å². The van der Waals surface area contributed by atoms with Gasteiger partial charge in [-0.1, -0.05) is 0 Å². The van der Waals surface area contributed by atoms with Gasteiger partial charge in [0.1, 0.15) is 11.9 Å². The molecule has 1 amide bonds. The first-order valence-electron chi connectivity index (χ1n) is 7.51. The monoisotopic (exact) mass is 342 g/mol. The molecule has 0 aliphatic carbocycles. The SMILES string of the molecule is O=C1C(NCC2(O)CCS(=O)(=O)CC2)CN1c1ccc(F)cc1. The van der Waals surface area contributed by atoms with Crippen LogP contribution in [0.25, 0.3) is 0 Å². The Morgan fingerprint density at radius 1 is 1.26 bits per heavy atom. The number of β-lactam (4-membered cyclic amide) rings is 1. The van der Waals surface area contributed by atoms with E-state index < -0.39 is 21.5 Å². The molecule has 2 saturated heterocycles. The van der Waals surface area contributed by atoms with E-state index in [1.807, 2.05) is 0 Å². The first kappa shape index (κ1) is 16.4. The number of carbonyl (C=O) groups excluding carboxylic acids is 1. The molecule has 1 aromatic carbocycles. The number of hydrogen-bond acceptors (Lipinski definition) is 5. The highest BCUT2D eigenvalue weighted by molar-refractivity contribution is 7.91. The molecule has 3 rings (SSSR count). The molecule has 0 radical (unpaired) electrons. The maximum atomic E-state index is 12.9. The number of anilines is 1. The van der Waals surface area contributed by atoms with Gasteiger partial charge < -0.3 is 15.3 Å². The molecule has 2 fully saturated rings. The second kappa shape index (κ2) is 5.85. The molecule has 2 aliphatic heterocycles. The lowest BCUT2D eigenvalue weighted by molar-refractivity contribution is -0.125. The highest BCUT2D eigenvalue weighted by atomic mass is 32.2. The van der Waals surface area contributed by atoms with Crippen LogP contribution in [-0.4, -0.2) is 55.7 Å². The van der Waals surface area contributed by atoms with Crippen molar-refractivity contribution in [3.63, 3.8) is 0 Å². The second-order valence-corrected chi connectivity index (χ2v) is 8.54. The van der Waals surface area contributed by atoms with E-state index in [1.165, 1.54) is 17.0 Å². The predicted octanol–water partition coefficient (Wildman–Crippen LogP) is 0.0702. The van der Waals surface area contributed by atoms with Crippen LogP contribution in [-0.2, 0) is 14.6 Å². The average Bonchev–Trinajstić information content (AvgIpc) is 2.51. The first-order valence-corrected chi connectivity index (χ1v) is 9.33. The Kier molecular flexibility index (Phi) is 4.16. The Bertz CT molecular complexity index is 691. The summed E-state index contributed by atoms with van der Waals surface area (Å²) in [4.78, 5) is 13.7. The van der Waals surface area contributed by atoms with E-state index in [0.29, 0.717) is 12.2 Å². The molecule has 2 aliphatic rings. The molecule has 0 spiro atoms. The molecule has 1 unspecified atom stereocenters. The average molecular weight is 342 g/mol. The zero-order valence-corrected chi connectivity index (χ0v) is 13.4. The number of nitrogens with zero attached hydrogens (tertiary/aromatic N) is 1. The largest absolute Gasteiger partial charge is 0.388 e. The van der Waals surface area contributed by atoms with Gasteiger partial charge in [0.25, 0.3) is 0 Å². The number of rotatable bonds is 4. The van der Waals surface area contributed by atoms with E-state index in [0.717, 1.165) is 0 Å². The Morgan fingerprint density at radius 3 is 2.43 bits per heavy atom. The zero-order valence-electron chi connectivity index (χ0n) is 12.5. The topological polar surface area (TPSA) is 86.7 Å². The molecule has 0 aromatic heterocycles. The summed E-state index contributed by atoms with van der Waals surface area (Å²) < 4.78 is 35.7. The Balaban J connectivity index is 1.51. The second-order valence-electron chi connectivity index (χ2n) is 6.23. The molecule has 1 aromatic rings. The third-order valence-electron chi connectivity index (χ3n) is 4.50. The zero-order chi connectivity index (χ0) is 16.7. The van der Waals surface area contributed by atoms with Crippen molar-refractivity contribution in [3.8, 4) is 0 Å². The highest BCUT2D eigenvalue weighted by Crippen LogP contribution is 2.25. The molecule has 6 nitrogen and oxygen atoms in total. The minimum Gasteiger partial charge on any atom is -0.388 e. The smallest absolute Gasteiger partial charge is 0.246 e. The number of halogens is 1. The lowest BCUT2D eigenvalue weighted by atomic mass is 9.95. The highest BCUT2D eigenvalue weighted by Gasteiger charge is 2.41. The maximum absolute atomic E-state index is 12.9. The minimum absolute atomic E-state index is 0.0223. The van der Waals surface area contributed by atoms with Gasteiger partial charge in [0.15, 0.2) is 9.84 Å². The van der Waals surface area contributed by atoms with Crippen molar-refractivity contribution in [1.29, 1.82) is 0 Å². The predicted molar refractivity (Wildman–Crippen MR) is 83.4 cm³/mol. The van der Waals surface area contributed by atoms with Gasteiger partial charge in [0.2, 0.25) is 5.91 Å². The maximum Gasteiger partial charge on any atom is 0.246 e. The normalized spacial score (nSPS) is 25.9. The van der Waals surface area contributed by atoms with E-state index in [2.05, 4.69) is 5.32 Å². The molecule has 0 saturated carbocycles. The molecular weight excluding hydrogens is 323 g/mol. The summed E-state index contributed by atoms with van der Waals surface area (Å²) in [6.07, 6.45) is 0.371. The lowest BCUT2D eigenvalue weighted by Crippen LogP contribution is -2.65. The third-order valence-corrected chi connectivity index (χ3v) is 6.15. The fourth-order valence-electron chi connectivity index (χ4n) is 2.84. The Labute approximate surface area is 134 Å². The Hall–Kier alpha value is -1.51. The van der Waals surface area contributed by atoms with Gasteiger partial charge in [-0.25, -0.2) is 12.8 Å². The standard InChI is InChI=1S/C15H19FN2O4S/c16-11-1-3-12(4-2-11)18-9-13(14(18)19)17-10-15(20)5-7-23(21,22)8-6-15/h1-4,13,17,20H,5-10H2. The number of nitrogens with one attached hydrogen (secondary N) is 1. The van der Waals surface area contributed by atoms with E-state index in [9.17, 15) is 22.7 Å². The fraction of sp³-hybridized carbons (Fsp3) is 0.533. The Morgan fingerprint density at radius 2 is 1.87 bits per heavy atom. The third kappa shape index (κ3) is 3.54. The van der Waals surface area contributed by atoms with Crippen molar-refractivity contribution in [3.05, 3.63) is 30.1 Å². The van der Waals surface area contributed by atoms with Gasteiger partial charge in [-0.2, -0.15) is 0 Å². The first-order chi connectivity index (χ1) is 10.8. The minimum atomic E-state index is -3.04. The molecule has 2 N–H and O–H groups in total. The quantitative estimate of drug-likeness (QED) is 0.756. The van der Waals surface area contributed by atoms with Gasteiger partial charge in [-0.15, -0.1) is 0 Å². The van der Waals surface area contributed by atoms with Crippen LogP contribution in [0.4, 0.5) is 10.1 Å². The number of benzene rings is 1. The molecule has 23 heavy (non-hydrogen) atoms. The van der Waals surface area contributed by atoms with E-state index in [1.54, 1.807) is 12.1 Å². The lowest BCUT2D eigenvalue weighted by Gasteiger charge is -2.41. The van der Waals surface area contributed by atoms with Gasteiger partial charge in [0.05, 0.1) is 23.7 Å². The number of sulfone groups is 1. The van der Waals surface area contributed by atoms with Crippen molar-refractivity contribution >= 4 is 21.4 Å². The van der Waals surface area contributed by atoms with E-state index in [4.69, 9.17) is 0 Å². The molecule has 8 heteroatoms. The number of hydrogen-bond donors (Lipinski definition) is 2. The van der Waals surface area contributed by atoms with Gasteiger partial charge in [-0.05, 0) is 37.1 Å². The molecule has 0 bridgehead atoms. The number of carbonyl (C=O) groups is 1. The van der Waals surface area contributed by atoms with Crippen molar-refractivity contribution in [2.45, 2.75) is 24.5 Å². The van der Waals surface area contributed by atoms with Crippen molar-refractivity contribution < 1.29 is 22.7 Å². The summed E-state index contributed by atoms with van der Waals surface area (Å²) in [7, 11) is -3.04. The fourth-order valence-corrected chi connectivity index (χ4v) is 4.43. The summed E-state index contributed by atoms with van der Waals surface area (Å²) in [6, 6.07) is 5.29. The van der Waals surface area contributed by atoms with Crippen LogP contribution in [0.1, 0.15) is 12.8 Å². The summed E-state index contributed by atoms with van der Waals surface area (Å²) in [5, 5.41) is 13.4.